The van der Waals surface area contributed by atoms with Crippen LogP contribution in [-0.2, 0) is 10.0 Å². The second-order valence-corrected chi connectivity index (χ2v) is 7.48. The second kappa shape index (κ2) is 7.71. The lowest BCUT2D eigenvalue weighted by Gasteiger charge is -2.15. The van der Waals surface area contributed by atoms with Crippen LogP contribution in [0.25, 0.3) is 0 Å². The molecule has 0 saturated carbocycles. The van der Waals surface area contributed by atoms with Gasteiger partial charge in [0.05, 0.1) is 9.82 Å². The average Bonchev–Trinajstić information content (AvgIpc) is 3.11. The van der Waals surface area contributed by atoms with Crippen molar-refractivity contribution in [2.24, 2.45) is 5.10 Å². The maximum Gasteiger partial charge on any atom is 0.295 e. The Hall–Kier alpha value is -2.00. The minimum Gasteiger partial charge on any atom is -0.272 e. The predicted octanol–water partition coefficient (Wildman–Crippen LogP) is 2.97. The van der Waals surface area contributed by atoms with Crippen molar-refractivity contribution in [1.82, 2.24) is 4.31 Å². The number of rotatable bonds is 7. The largest absolute Gasteiger partial charge is 0.295 e. The van der Waals surface area contributed by atoms with Crippen molar-refractivity contribution >= 4 is 27.1 Å². The fraction of sp³-hybridized carbons (Fsp3) is 0.533. The van der Waals surface area contributed by atoms with Gasteiger partial charge in [0.2, 0.25) is 10.0 Å². The summed E-state index contributed by atoms with van der Waals surface area (Å²) in [6, 6.07) is 3.88. The lowest BCUT2D eigenvalue weighted by molar-refractivity contribution is -0.384. The van der Waals surface area contributed by atoms with E-state index in [4.69, 9.17) is 0 Å². The highest BCUT2D eigenvalue weighted by molar-refractivity contribution is 7.89. The van der Waals surface area contributed by atoms with Crippen LogP contribution in [0.1, 0.15) is 39.5 Å². The van der Waals surface area contributed by atoms with Crippen LogP contribution in [0.2, 0.25) is 0 Å². The fourth-order valence-corrected chi connectivity index (χ4v) is 4.08. The number of benzene rings is 1. The molecule has 0 unspecified atom stereocenters. The van der Waals surface area contributed by atoms with Crippen molar-refractivity contribution in [3.05, 3.63) is 28.3 Å². The van der Waals surface area contributed by atoms with Crippen molar-refractivity contribution < 1.29 is 13.3 Å². The van der Waals surface area contributed by atoms with E-state index in [1.807, 2.05) is 13.8 Å². The smallest absolute Gasteiger partial charge is 0.272 e. The van der Waals surface area contributed by atoms with E-state index in [1.54, 1.807) is 0 Å². The standard InChI is InChI=1S/C15H22N4O4S/c1-3-12(4-2)16-17-14-8-7-13(11-15(14)19(20)21)24(22,23)18-9-5-6-10-18/h7-8,11,17H,3-6,9-10H2,1-2H3. The molecule has 1 saturated heterocycles. The third-order valence-corrected chi connectivity index (χ3v) is 5.91. The molecular formula is C15H22N4O4S. The maximum absolute atomic E-state index is 12.5. The molecule has 132 valence electrons. The van der Waals surface area contributed by atoms with Gasteiger partial charge in [-0.3, -0.25) is 15.5 Å². The Morgan fingerprint density at radius 2 is 1.92 bits per heavy atom. The van der Waals surface area contributed by atoms with E-state index in [0.29, 0.717) is 13.1 Å². The Balaban J connectivity index is 2.36. The van der Waals surface area contributed by atoms with Gasteiger partial charge in [0.15, 0.2) is 0 Å². The van der Waals surface area contributed by atoms with Crippen LogP contribution in [0, 0.1) is 10.1 Å². The number of hydrogen-bond acceptors (Lipinski definition) is 6. The molecule has 1 aliphatic rings. The van der Waals surface area contributed by atoms with Gasteiger partial charge in [0, 0.05) is 24.9 Å². The van der Waals surface area contributed by atoms with E-state index in [1.165, 1.54) is 16.4 Å². The molecule has 1 heterocycles. The Morgan fingerprint density at radius 1 is 1.29 bits per heavy atom. The van der Waals surface area contributed by atoms with E-state index in [-0.39, 0.29) is 16.3 Å². The van der Waals surface area contributed by atoms with Crippen LogP contribution < -0.4 is 5.43 Å². The summed E-state index contributed by atoms with van der Waals surface area (Å²) < 4.78 is 26.4. The number of nitro benzene ring substituents is 1. The molecule has 24 heavy (non-hydrogen) atoms. The minimum absolute atomic E-state index is 0.0585. The third-order valence-electron chi connectivity index (χ3n) is 4.02. The lowest BCUT2D eigenvalue weighted by atomic mass is 10.2. The number of hydrogen-bond donors (Lipinski definition) is 1. The maximum atomic E-state index is 12.5. The Morgan fingerprint density at radius 3 is 2.46 bits per heavy atom. The van der Waals surface area contributed by atoms with Crippen molar-refractivity contribution in [2.75, 3.05) is 18.5 Å². The number of nitro groups is 1. The molecule has 0 aromatic heterocycles. The van der Waals surface area contributed by atoms with Crippen molar-refractivity contribution in [3.63, 3.8) is 0 Å². The van der Waals surface area contributed by atoms with E-state index < -0.39 is 14.9 Å². The number of nitrogens with zero attached hydrogens (tertiary/aromatic N) is 3. The van der Waals surface area contributed by atoms with Gasteiger partial charge in [-0.1, -0.05) is 13.8 Å². The van der Waals surface area contributed by atoms with Crippen LogP contribution in [0.5, 0.6) is 0 Å². The molecule has 1 aromatic carbocycles. The fourth-order valence-electron chi connectivity index (χ4n) is 2.54. The van der Waals surface area contributed by atoms with Crippen LogP contribution in [0.3, 0.4) is 0 Å². The summed E-state index contributed by atoms with van der Waals surface area (Å²) in [5.74, 6) is 0. The summed E-state index contributed by atoms with van der Waals surface area (Å²) in [7, 11) is -3.69. The molecule has 9 heteroatoms. The average molecular weight is 354 g/mol. The van der Waals surface area contributed by atoms with Gasteiger partial charge in [-0.15, -0.1) is 0 Å². The SMILES string of the molecule is CCC(CC)=NNc1ccc(S(=O)(=O)N2CCCC2)cc1[N+](=O)[O-]. The van der Waals surface area contributed by atoms with Crippen LogP contribution >= 0.6 is 0 Å². The molecule has 1 aliphatic heterocycles. The first-order valence-electron chi connectivity index (χ1n) is 8.00. The van der Waals surface area contributed by atoms with Gasteiger partial charge in [0.25, 0.3) is 5.69 Å². The van der Waals surface area contributed by atoms with Crippen LogP contribution in [-0.4, -0.2) is 36.4 Å². The van der Waals surface area contributed by atoms with Gasteiger partial charge in [0.1, 0.15) is 5.69 Å². The topological polar surface area (TPSA) is 105 Å². The van der Waals surface area contributed by atoms with Gasteiger partial charge >= 0.3 is 0 Å². The number of anilines is 1. The molecule has 1 fully saturated rings. The van der Waals surface area contributed by atoms with E-state index in [2.05, 4.69) is 10.5 Å². The van der Waals surface area contributed by atoms with Gasteiger partial charge in [-0.2, -0.15) is 9.41 Å². The van der Waals surface area contributed by atoms with E-state index in [0.717, 1.165) is 37.5 Å². The summed E-state index contributed by atoms with van der Waals surface area (Å²) in [4.78, 5) is 10.7. The first kappa shape index (κ1) is 18.3. The number of hydrazone groups is 1. The summed E-state index contributed by atoms with van der Waals surface area (Å²) >= 11 is 0. The lowest BCUT2D eigenvalue weighted by Crippen LogP contribution is -2.27. The first-order valence-corrected chi connectivity index (χ1v) is 9.44. The number of sulfonamides is 1. The summed E-state index contributed by atoms with van der Waals surface area (Å²) in [5, 5.41) is 15.5. The van der Waals surface area contributed by atoms with Gasteiger partial charge in [-0.25, -0.2) is 8.42 Å². The highest BCUT2D eigenvalue weighted by Crippen LogP contribution is 2.30. The summed E-state index contributed by atoms with van der Waals surface area (Å²) in [6.45, 7) is 4.81. The third kappa shape index (κ3) is 3.90. The zero-order valence-electron chi connectivity index (χ0n) is 13.9. The number of nitrogens with one attached hydrogen (secondary N) is 1. The molecule has 0 spiro atoms. The second-order valence-electron chi connectivity index (χ2n) is 5.54. The molecule has 0 atom stereocenters. The summed E-state index contributed by atoms with van der Waals surface area (Å²) in [5.41, 5.74) is 3.44. The van der Waals surface area contributed by atoms with Crippen molar-refractivity contribution in [2.45, 2.75) is 44.4 Å². The van der Waals surface area contributed by atoms with Crippen molar-refractivity contribution in [3.8, 4) is 0 Å². The highest BCUT2D eigenvalue weighted by Gasteiger charge is 2.29. The van der Waals surface area contributed by atoms with E-state index >= 15 is 0 Å². The monoisotopic (exact) mass is 354 g/mol. The first-order chi connectivity index (χ1) is 11.4. The highest BCUT2D eigenvalue weighted by atomic mass is 32.2. The van der Waals surface area contributed by atoms with Crippen molar-refractivity contribution in [1.29, 1.82) is 0 Å². The molecule has 0 radical (unpaired) electrons. The Labute approximate surface area is 141 Å². The normalized spacial score (nSPS) is 15.2. The van der Waals surface area contributed by atoms with Gasteiger partial charge < -0.3 is 0 Å². The molecule has 8 nitrogen and oxygen atoms in total. The Bertz CT molecular complexity index is 734. The predicted molar refractivity (Wildman–Crippen MR) is 92.7 cm³/mol. The van der Waals surface area contributed by atoms with Crippen LogP contribution in [0.4, 0.5) is 11.4 Å². The molecular weight excluding hydrogens is 332 g/mol. The molecule has 0 aliphatic carbocycles. The summed E-state index contributed by atoms with van der Waals surface area (Å²) in [6.07, 6.45) is 3.09. The zero-order valence-corrected chi connectivity index (χ0v) is 14.7. The minimum atomic E-state index is -3.69. The molecule has 2 rings (SSSR count). The van der Waals surface area contributed by atoms with Crippen LogP contribution in [0.15, 0.2) is 28.2 Å². The van der Waals surface area contributed by atoms with E-state index in [9.17, 15) is 18.5 Å². The molecule has 1 aromatic rings. The zero-order chi connectivity index (χ0) is 17.7. The van der Waals surface area contributed by atoms with Gasteiger partial charge in [-0.05, 0) is 37.8 Å². The molecule has 1 N–H and O–H groups in total. The molecule has 0 amide bonds. The molecule has 0 bridgehead atoms. The quantitative estimate of drug-likeness (QED) is 0.460. The Kier molecular flexibility index (Phi) is 5.89.